The standard InChI is InChI=1S/C14H12FN3OS/c1-7-8(2)20-14(12(7)6-16)18-13(19)9-3-10(15)5-11(17)4-9/h3-5H,17H2,1-2H3,(H,18,19). The van der Waals surface area contributed by atoms with Gasteiger partial charge in [-0.1, -0.05) is 0 Å². The molecule has 1 amide bonds. The SMILES string of the molecule is Cc1sc(NC(=O)c2cc(N)cc(F)c2)c(C#N)c1C. The Morgan fingerprint density at radius 2 is 2.10 bits per heavy atom. The normalized spacial score (nSPS) is 10.1. The number of nitrogens with zero attached hydrogens (tertiary/aromatic N) is 1. The lowest BCUT2D eigenvalue weighted by Gasteiger charge is -2.05. The van der Waals surface area contributed by atoms with Gasteiger partial charge in [0.2, 0.25) is 0 Å². The molecule has 1 aromatic carbocycles. The molecular weight excluding hydrogens is 277 g/mol. The van der Waals surface area contributed by atoms with Crippen LogP contribution in [0.4, 0.5) is 15.1 Å². The predicted octanol–water partition coefficient (Wildman–Crippen LogP) is 3.21. The first-order valence-electron chi connectivity index (χ1n) is 5.80. The molecule has 2 rings (SSSR count). The maximum absolute atomic E-state index is 13.2. The first kappa shape index (κ1) is 14.0. The Kier molecular flexibility index (Phi) is 3.72. The first-order valence-corrected chi connectivity index (χ1v) is 6.61. The second kappa shape index (κ2) is 5.31. The average molecular weight is 289 g/mol. The van der Waals surface area contributed by atoms with Crippen molar-refractivity contribution in [3.8, 4) is 6.07 Å². The van der Waals surface area contributed by atoms with E-state index in [2.05, 4.69) is 11.4 Å². The van der Waals surface area contributed by atoms with Gasteiger partial charge in [-0.3, -0.25) is 4.79 Å². The number of rotatable bonds is 2. The zero-order chi connectivity index (χ0) is 14.9. The van der Waals surface area contributed by atoms with Crippen LogP contribution in [0.25, 0.3) is 0 Å². The van der Waals surface area contributed by atoms with Gasteiger partial charge >= 0.3 is 0 Å². The summed E-state index contributed by atoms with van der Waals surface area (Å²) in [7, 11) is 0. The summed E-state index contributed by atoms with van der Waals surface area (Å²) in [6, 6.07) is 5.69. The number of anilines is 2. The van der Waals surface area contributed by atoms with Crippen LogP contribution in [0.3, 0.4) is 0 Å². The molecule has 0 radical (unpaired) electrons. The molecule has 1 heterocycles. The molecule has 0 fully saturated rings. The lowest BCUT2D eigenvalue weighted by Crippen LogP contribution is -2.12. The fourth-order valence-corrected chi connectivity index (χ4v) is 2.77. The van der Waals surface area contributed by atoms with Gasteiger partial charge in [-0.15, -0.1) is 11.3 Å². The molecule has 1 aromatic heterocycles. The molecule has 20 heavy (non-hydrogen) atoms. The van der Waals surface area contributed by atoms with Crippen LogP contribution in [0, 0.1) is 31.0 Å². The van der Waals surface area contributed by atoms with Gasteiger partial charge in [-0.2, -0.15) is 5.26 Å². The molecule has 2 aromatic rings. The highest BCUT2D eigenvalue weighted by Crippen LogP contribution is 2.32. The largest absolute Gasteiger partial charge is 0.399 e. The smallest absolute Gasteiger partial charge is 0.256 e. The lowest BCUT2D eigenvalue weighted by atomic mass is 10.1. The minimum Gasteiger partial charge on any atom is -0.399 e. The molecule has 0 aliphatic rings. The van der Waals surface area contributed by atoms with E-state index in [4.69, 9.17) is 11.0 Å². The van der Waals surface area contributed by atoms with Gasteiger partial charge in [0.1, 0.15) is 16.9 Å². The topological polar surface area (TPSA) is 78.9 Å². The predicted molar refractivity (Wildman–Crippen MR) is 77.3 cm³/mol. The van der Waals surface area contributed by atoms with E-state index in [0.717, 1.165) is 22.6 Å². The van der Waals surface area contributed by atoms with Crippen molar-refractivity contribution in [2.75, 3.05) is 11.1 Å². The van der Waals surface area contributed by atoms with Crippen molar-refractivity contribution in [2.24, 2.45) is 0 Å². The third-order valence-electron chi connectivity index (χ3n) is 2.91. The van der Waals surface area contributed by atoms with Crippen molar-refractivity contribution in [3.05, 3.63) is 45.6 Å². The van der Waals surface area contributed by atoms with E-state index in [1.54, 1.807) is 0 Å². The van der Waals surface area contributed by atoms with Gasteiger partial charge in [0.05, 0.1) is 5.56 Å². The molecular formula is C14H12FN3OS. The molecule has 6 heteroatoms. The van der Waals surface area contributed by atoms with Gasteiger partial charge in [0.15, 0.2) is 0 Å². The van der Waals surface area contributed by atoms with E-state index in [-0.39, 0.29) is 11.3 Å². The first-order chi connectivity index (χ1) is 9.42. The zero-order valence-corrected chi connectivity index (χ0v) is 11.8. The van der Waals surface area contributed by atoms with Crippen LogP contribution in [0.5, 0.6) is 0 Å². The van der Waals surface area contributed by atoms with Gasteiger partial charge < -0.3 is 11.1 Å². The molecule has 0 saturated heterocycles. The minimum absolute atomic E-state index is 0.120. The van der Waals surface area contributed by atoms with Gasteiger partial charge in [0.25, 0.3) is 5.91 Å². The Bertz CT molecular complexity index is 711. The summed E-state index contributed by atoms with van der Waals surface area (Å²) in [4.78, 5) is 13.0. The summed E-state index contributed by atoms with van der Waals surface area (Å²) in [5.41, 5.74) is 7.08. The number of carbonyl (C=O) groups is 1. The number of thiophene rings is 1. The van der Waals surface area contributed by atoms with Crippen LogP contribution >= 0.6 is 11.3 Å². The van der Waals surface area contributed by atoms with Crippen LogP contribution in [-0.4, -0.2) is 5.91 Å². The van der Waals surface area contributed by atoms with E-state index in [9.17, 15) is 9.18 Å². The van der Waals surface area contributed by atoms with Crippen molar-refractivity contribution >= 4 is 27.9 Å². The molecule has 0 atom stereocenters. The van der Waals surface area contributed by atoms with E-state index in [0.29, 0.717) is 10.6 Å². The molecule has 0 unspecified atom stereocenters. The van der Waals surface area contributed by atoms with E-state index in [1.165, 1.54) is 17.4 Å². The van der Waals surface area contributed by atoms with Crippen molar-refractivity contribution < 1.29 is 9.18 Å². The minimum atomic E-state index is -0.575. The van der Waals surface area contributed by atoms with Gasteiger partial charge in [-0.25, -0.2) is 4.39 Å². The Morgan fingerprint density at radius 1 is 1.40 bits per heavy atom. The quantitative estimate of drug-likeness (QED) is 0.833. The lowest BCUT2D eigenvalue weighted by molar-refractivity contribution is 0.102. The summed E-state index contributed by atoms with van der Waals surface area (Å²) in [5.74, 6) is -1.07. The zero-order valence-electron chi connectivity index (χ0n) is 11.0. The Hall–Kier alpha value is -2.39. The molecule has 3 N–H and O–H groups in total. The number of nitrogen functional groups attached to an aromatic ring is 1. The summed E-state index contributed by atoms with van der Waals surface area (Å²) >= 11 is 1.32. The Morgan fingerprint density at radius 3 is 2.70 bits per heavy atom. The molecule has 0 spiro atoms. The van der Waals surface area contributed by atoms with Gasteiger partial charge in [-0.05, 0) is 37.6 Å². The number of halogens is 1. The molecule has 102 valence electrons. The number of hydrogen-bond acceptors (Lipinski definition) is 4. The van der Waals surface area contributed by atoms with Crippen LogP contribution in [0.2, 0.25) is 0 Å². The van der Waals surface area contributed by atoms with Crippen molar-refractivity contribution in [1.29, 1.82) is 5.26 Å². The number of nitrogens with two attached hydrogens (primary N) is 1. The van der Waals surface area contributed by atoms with Crippen LogP contribution < -0.4 is 11.1 Å². The van der Waals surface area contributed by atoms with Crippen molar-refractivity contribution in [1.82, 2.24) is 0 Å². The summed E-state index contributed by atoms with van der Waals surface area (Å²) < 4.78 is 13.2. The number of benzene rings is 1. The number of hydrogen-bond donors (Lipinski definition) is 2. The highest BCUT2D eigenvalue weighted by molar-refractivity contribution is 7.16. The molecule has 0 bridgehead atoms. The molecule has 4 nitrogen and oxygen atoms in total. The fraction of sp³-hybridized carbons (Fsp3) is 0.143. The average Bonchev–Trinajstić information content (AvgIpc) is 2.63. The third-order valence-corrected chi connectivity index (χ3v) is 4.03. The van der Waals surface area contributed by atoms with E-state index in [1.807, 2.05) is 13.8 Å². The maximum atomic E-state index is 13.2. The highest BCUT2D eigenvalue weighted by Gasteiger charge is 2.16. The Labute approximate surface area is 119 Å². The number of aryl methyl sites for hydroxylation is 1. The fourth-order valence-electron chi connectivity index (χ4n) is 1.77. The molecule has 0 aliphatic heterocycles. The van der Waals surface area contributed by atoms with Crippen LogP contribution in [0.15, 0.2) is 18.2 Å². The van der Waals surface area contributed by atoms with Crippen molar-refractivity contribution in [2.45, 2.75) is 13.8 Å². The second-order valence-corrected chi connectivity index (χ2v) is 5.55. The third kappa shape index (κ3) is 2.63. The summed E-state index contributed by atoms with van der Waals surface area (Å²) in [5, 5.41) is 12.2. The maximum Gasteiger partial charge on any atom is 0.256 e. The summed E-state index contributed by atoms with van der Waals surface area (Å²) in [6.07, 6.45) is 0. The summed E-state index contributed by atoms with van der Waals surface area (Å²) in [6.45, 7) is 3.69. The number of nitriles is 1. The van der Waals surface area contributed by atoms with Gasteiger partial charge in [0, 0.05) is 16.1 Å². The van der Waals surface area contributed by atoms with Crippen LogP contribution in [-0.2, 0) is 0 Å². The molecule has 0 saturated carbocycles. The number of amides is 1. The van der Waals surface area contributed by atoms with E-state index < -0.39 is 11.7 Å². The monoisotopic (exact) mass is 289 g/mol. The number of nitrogens with one attached hydrogen (secondary N) is 1. The Balaban J connectivity index is 2.33. The van der Waals surface area contributed by atoms with E-state index >= 15 is 0 Å². The van der Waals surface area contributed by atoms with Crippen molar-refractivity contribution in [3.63, 3.8) is 0 Å². The van der Waals surface area contributed by atoms with Crippen LogP contribution in [0.1, 0.15) is 26.4 Å². The number of carbonyl (C=O) groups excluding carboxylic acids is 1. The molecule has 0 aliphatic carbocycles. The highest BCUT2D eigenvalue weighted by atomic mass is 32.1. The second-order valence-electron chi connectivity index (χ2n) is 4.33.